The van der Waals surface area contributed by atoms with Gasteiger partial charge in [-0.2, -0.15) is 0 Å². The number of hydrogen-bond donors (Lipinski definition) is 1. The Kier molecular flexibility index (Phi) is 5.52. The summed E-state index contributed by atoms with van der Waals surface area (Å²) in [6, 6.07) is 7.15. The van der Waals surface area contributed by atoms with Crippen molar-refractivity contribution in [3.8, 4) is 0 Å². The number of carbonyl (C=O) groups is 2. The Bertz CT molecular complexity index is 606. The lowest BCUT2D eigenvalue weighted by Crippen LogP contribution is -2.54. The molecule has 1 aliphatic rings. The number of aryl methyl sites for hydroxylation is 1. The van der Waals surface area contributed by atoms with Crippen molar-refractivity contribution in [1.82, 2.24) is 4.90 Å². The maximum Gasteiger partial charge on any atom is 0.411 e. The first-order valence-corrected chi connectivity index (χ1v) is 8.46. The third-order valence-electron chi connectivity index (χ3n) is 4.38. The molecule has 24 heavy (non-hydrogen) atoms. The van der Waals surface area contributed by atoms with Gasteiger partial charge in [-0.25, -0.2) is 9.59 Å². The molecule has 0 unspecified atom stereocenters. The summed E-state index contributed by atoms with van der Waals surface area (Å²) in [6.45, 7) is 7.82. The highest BCUT2D eigenvalue weighted by molar-refractivity contribution is 5.80. The van der Waals surface area contributed by atoms with E-state index in [2.05, 4.69) is 0 Å². The average molecular weight is 333 g/mol. The fourth-order valence-corrected chi connectivity index (χ4v) is 3.27. The molecule has 2 atom stereocenters. The van der Waals surface area contributed by atoms with Crippen molar-refractivity contribution in [2.75, 3.05) is 6.54 Å². The molecule has 1 aromatic rings. The van der Waals surface area contributed by atoms with Crippen molar-refractivity contribution in [3.63, 3.8) is 0 Å². The smallest absolute Gasteiger partial charge is 0.411 e. The summed E-state index contributed by atoms with van der Waals surface area (Å²) < 4.78 is 5.40. The van der Waals surface area contributed by atoms with E-state index in [9.17, 15) is 14.7 Å². The zero-order valence-corrected chi connectivity index (χ0v) is 14.9. The van der Waals surface area contributed by atoms with E-state index in [1.807, 2.05) is 31.2 Å². The number of carboxylic acids is 1. The van der Waals surface area contributed by atoms with Gasteiger partial charge in [0.15, 0.2) is 0 Å². The Hall–Kier alpha value is -2.04. The maximum absolute atomic E-state index is 12.4. The molecular weight excluding hydrogens is 306 g/mol. The van der Waals surface area contributed by atoms with Gasteiger partial charge in [0.2, 0.25) is 0 Å². The van der Waals surface area contributed by atoms with Crippen LogP contribution in [0.2, 0.25) is 0 Å². The lowest BCUT2D eigenvalue weighted by atomic mass is 9.83. The minimum absolute atomic E-state index is 0.107. The molecule has 2 rings (SSSR count). The Labute approximate surface area is 143 Å². The normalized spacial score (nSPS) is 21.4. The van der Waals surface area contributed by atoms with Gasteiger partial charge in [0.1, 0.15) is 11.6 Å². The van der Waals surface area contributed by atoms with E-state index in [0.717, 1.165) is 24.0 Å². The first-order valence-electron chi connectivity index (χ1n) is 8.46. The van der Waals surface area contributed by atoms with Crippen LogP contribution in [0.15, 0.2) is 24.3 Å². The van der Waals surface area contributed by atoms with E-state index >= 15 is 0 Å². The molecule has 1 aliphatic heterocycles. The van der Waals surface area contributed by atoms with E-state index in [-0.39, 0.29) is 5.92 Å². The predicted octanol–water partition coefficient (Wildman–Crippen LogP) is 3.64. The molecule has 1 aromatic carbocycles. The van der Waals surface area contributed by atoms with Gasteiger partial charge in [-0.1, -0.05) is 24.3 Å². The number of likely N-dealkylation sites (tertiary alicyclic amines) is 1. The molecule has 1 fully saturated rings. The third kappa shape index (κ3) is 4.49. The topological polar surface area (TPSA) is 66.8 Å². The van der Waals surface area contributed by atoms with Gasteiger partial charge in [0.05, 0.1) is 0 Å². The number of benzene rings is 1. The van der Waals surface area contributed by atoms with Crippen LogP contribution in [0.3, 0.4) is 0 Å². The van der Waals surface area contributed by atoms with Crippen molar-refractivity contribution < 1.29 is 19.4 Å². The van der Waals surface area contributed by atoms with Crippen LogP contribution in [-0.4, -0.2) is 40.3 Å². The largest absolute Gasteiger partial charge is 0.480 e. The summed E-state index contributed by atoms with van der Waals surface area (Å²) in [5, 5.41) is 9.72. The highest BCUT2D eigenvalue weighted by atomic mass is 16.6. The second kappa shape index (κ2) is 7.24. The summed E-state index contributed by atoms with van der Waals surface area (Å²) >= 11 is 0. The maximum atomic E-state index is 12.4. The number of hydrogen-bond acceptors (Lipinski definition) is 3. The lowest BCUT2D eigenvalue weighted by Gasteiger charge is -2.39. The second-order valence-electron chi connectivity index (χ2n) is 7.49. The molecule has 0 aromatic heterocycles. The highest BCUT2D eigenvalue weighted by Gasteiger charge is 2.41. The summed E-state index contributed by atoms with van der Waals surface area (Å²) in [4.78, 5) is 25.7. The summed E-state index contributed by atoms with van der Waals surface area (Å²) in [5.41, 5.74) is 1.65. The number of rotatable bonds is 3. The zero-order valence-electron chi connectivity index (χ0n) is 14.9. The van der Waals surface area contributed by atoms with E-state index < -0.39 is 23.7 Å². The van der Waals surface area contributed by atoms with Gasteiger partial charge in [-0.3, -0.25) is 4.90 Å². The van der Waals surface area contributed by atoms with Crippen LogP contribution in [0.4, 0.5) is 4.79 Å². The molecule has 5 heteroatoms. The number of carboxylic acid groups (broad SMARTS) is 1. The molecular formula is C19H27NO4. The van der Waals surface area contributed by atoms with Crippen LogP contribution in [0.1, 0.15) is 44.7 Å². The van der Waals surface area contributed by atoms with Gasteiger partial charge >= 0.3 is 12.1 Å². The molecule has 0 saturated carbocycles. The SMILES string of the molecule is Cc1ccccc1C[C@@H]1CCCN(C(=O)OC(C)(C)C)[C@H]1C(=O)O. The molecule has 0 bridgehead atoms. The van der Waals surface area contributed by atoms with Crippen molar-refractivity contribution in [2.45, 2.75) is 58.6 Å². The minimum Gasteiger partial charge on any atom is -0.480 e. The molecule has 0 spiro atoms. The van der Waals surface area contributed by atoms with Crippen LogP contribution in [-0.2, 0) is 16.0 Å². The van der Waals surface area contributed by atoms with Crippen LogP contribution >= 0.6 is 0 Å². The molecule has 0 radical (unpaired) electrons. The number of ether oxygens (including phenoxy) is 1. The van der Waals surface area contributed by atoms with Gasteiger partial charge in [0.25, 0.3) is 0 Å². The van der Waals surface area contributed by atoms with Gasteiger partial charge in [-0.05, 0) is 64.0 Å². The molecule has 132 valence electrons. The Morgan fingerprint density at radius 1 is 1.29 bits per heavy atom. The minimum atomic E-state index is -0.959. The molecule has 0 aliphatic carbocycles. The molecule has 1 amide bonds. The van der Waals surface area contributed by atoms with Gasteiger partial charge in [-0.15, -0.1) is 0 Å². The predicted molar refractivity (Wildman–Crippen MR) is 92.0 cm³/mol. The lowest BCUT2D eigenvalue weighted by molar-refractivity contribution is -0.146. The molecule has 1 N–H and O–H groups in total. The van der Waals surface area contributed by atoms with Crippen LogP contribution < -0.4 is 0 Å². The third-order valence-corrected chi connectivity index (χ3v) is 4.38. The highest BCUT2D eigenvalue weighted by Crippen LogP contribution is 2.29. The number of piperidine rings is 1. The number of carbonyl (C=O) groups excluding carboxylic acids is 1. The van der Waals surface area contributed by atoms with Crippen molar-refractivity contribution in [1.29, 1.82) is 0 Å². The standard InChI is InChI=1S/C19H27NO4/c1-13-8-5-6-9-14(13)12-15-10-7-11-20(16(15)17(21)22)18(23)24-19(2,3)4/h5-6,8-9,15-16H,7,10-12H2,1-4H3,(H,21,22)/t15-,16+/m0/s1. The van der Waals surface area contributed by atoms with E-state index in [1.165, 1.54) is 4.90 Å². The van der Waals surface area contributed by atoms with Crippen LogP contribution in [0.25, 0.3) is 0 Å². The second-order valence-corrected chi connectivity index (χ2v) is 7.49. The first-order chi connectivity index (χ1) is 11.2. The van der Waals surface area contributed by atoms with Gasteiger partial charge < -0.3 is 9.84 Å². The number of aliphatic carboxylic acids is 1. The summed E-state index contributed by atoms with van der Waals surface area (Å²) in [6.07, 6.45) is 1.71. The Morgan fingerprint density at radius 3 is 2.54 bits per heavy atom. The fraction of sp³-hybridized carbons (Fsp3) is 0.579. The van der Waals surface area contributed by atoms with Crippen LogP contribution in [0, 0.1) is 12.8 Å². The van der Waals surface area contributed by atoms with E-state index in [1.54, 1.807) is 20.8 Å². The molecule has 5 nitrogen and oxygen atoms in total. The van der Waals surface area contributed by atoms with Crippen molar-refractivity contribution in [2.24, 2.45) is 5.92 Å². The van der Waals surface area contributed by atoms with Gasteiger partial charge in [0, 0.05) is 6.54 Å². The van der Waals surface area contributed by atoms with Crippen molar-refractivity contribution in [3.05, 3.63) is 35.4 Å². The fourth-order valence-electron chi connectivity index (χ4n) is 3.27. The number of amides is 1. The van der Waals surface area contributed by atoms with Crippen molar-refractivity contribution >= 4 is 12.1 Å². The Balaban J connectivity index is 2.21. The molecule has 1 saturated heterocycles. The molecule has 1 heterocycles. The Morgan fingerprint density at radius 2 is 1.96 bits per heavy atom. The summed E-state index contributed by atoms with van der Waals surface area (Å²) in [5.74, 6) is -1.07. The van der Waals surface area contributed by atoms with E-state index in [0.29, 0.717) is 13.0 Å². The number of nitrogens with zero attached hydrogens (tertiary/aromatic N) is 1. The monoisotopic (exact) mass is 333 g/mol. The van der Waals surface area contributed by atoms with Crippen LogP contribution in [0.5, 0.6) is 0 Å². The average Bonchev–Trinajstić information content (AvgIpc) is 2.47. The zero-order chi connectivity index (χ0) is 17.9. The first kappa shape index (κ1) is 18.3. The van der Waals surface area contributed by atoms with E-state index in [4.69, 9.17) is 4.74 Å². The quantitative estimate of drug-likeness (QED) is 0.917. The summed E-state index contributed by atoms with van der Waals surface area (Å²) in [7, 11) is 0.